The molecule has 0 saturated carbocycles. The van der Waals surface area contributed by atoms with Crippen molar-refractivity contribution in [3.05, 3.63) is 17.5 Å². The molecule has 0 aliphatic carbocycles. The molecule has 0 amide bonds. The van der Waals surface area contributed by atoms with Gasteiger partial charge >= 0.3 is 6.18 Å². The van der Waals surface area contributed by atoms with Crippen molar-refractivity contribution in [1.82, 2.24) is 0 Å². The smallest absolute Gasteiger partial charge is 0.243 e. The quantitative estimate of drug-likeness (QED) is 0.446. The van der Waals surface area contributed by atoms with E-state index in [0.29, 0.717) is 0 Å². The summed E-state index contributed by atoms with van der Waals surface area (Å²) in [5.74, 6) is 0. The molecule has 0 bridgehead atoms. The van der Waals surface area contributed by atoms with Crippen LogP contribution in [0.3, 0.4) is 0 Å². The molecule has 1 rings (SSSR count). The molecular formula is C5H2F3N. The highest BCUT2D eigenvalue weighted by Crippen LogP contribution is 2.26. The largest absolute Gasteiger partial charge is 0.440 e. The minimum atomic E-state index is -4.34. The van der Waals surface area contributed by atoms with E-state index >= 15 is 0 Å². The lowest BCUT2D eigenvalue weighted by Crippen LogP contribution is -2.07. The lowest BCUT2D eigenvalue weighted by molar-refractivity contribution is -0.0918. The van der Waals surface area contributed by atoms with Crippen LogP contribution in [0.4, 0.5) is 13.2 Å². The molecular weight excluding hydrogens is 131 g/mol. The van der Waals surface area contributed by atoms with E-state index in [0.717, 1.165) is 12.3 Å². The first kappa shape index (κ1) is 6.11. The van der Waals surface area contributed by atoms with Crippen molar-refractivity contribution in [3.63, 3.8) is 0 Å². The molecule has 0 saturated heterocycles. The van der Waals surface area contributed by atoms with E-state index in [-0.39, 0.29) is 0 Å². The first-order valence-electron chi connectivity index (χ1n) is 2.17. The maximum absolute atomic E-state index is 11.5. The van der Waals surface area contributed by atoms with Gasteiger partial charge in [0.2, 0.25) is 0 Å². The summed E-state index contributed by atoms with van der Waals surface area (Å²) in [5, 5.41) is 0. The molecule has 0 aromatic carbocycles. The number of hydrogen-bond acceptors (Lipinski definition) is 1. The number of aliphatic imine (C=N–C) groups is 1. The fourth-order valence-corrected chi connectivity index (χ4v) is 0.420. The fourth-order valence-electron chi connectivity index (χ4n) is 0.420. The Labute approximate surface area is 49.2 Å². The van der Waals surface area contributed by atoms with Gasteiger partial charge in [-0.3, -0.25) is 0 Å². The average Bonchev–Trinajstić information content (AvgIpc) is 2.08. The number of hydrogen-bond donors (Lipinski definition) is 0. The summed E-state index contributed by atoms with van der Waals surface area (Å²) >= 11 is 0. The minimum Gasteiger partial charge on any atom is -0.243 e. The molecule has 1 aliphatic rings. The van der Waals surface area contributed by atoms with Gasteiger partial charge in [-0.1, -0.05) is 5.73 Å². The molecule has 0 N–H and O–H groups in total. The second kappa shape index (κ2) is 1.74. The van der Waals surface area contributed by atoms with Crippen molar-refractivity contribution in [2.75, 3.05) is 0 Å². The van der Waals surface area contributed by atoms with Gasteiger partial charge in [0.05, 0.1) is 0 Å². The van der Waals surface area contributed by atoms with Crippen molar-refractivity contribution in [2.24, 2.45) is 4.99 Å². The van der Waals surface area contributed by atoms with Gasteiger partial charge in [0.15, 0.2) is 5.70 Å². The second-order valence-electron chi connectivity index (χ2n) is 1.44. The van der Waals surface area contributed by atoms with Crippen LogP contribution in [0.15, 0.2) is 22.5 Å². The topological polar surface area (TPSA) is 12.4 Å². The maximum Gasteiger partial charge on any atom is 0.440 e. The van der Waals surface area contributed by atoms with Crippen molar-refractivity contribution in [3.8, 4) is 0 Å². The zero-order chi connectivity index (χ0) is 6.91. The lowest BCUT2D eigenvalue weighted by atomic mass is 10.5. The summed E-state index contributed by atoms with van der Waals surface area (Å²) < 4.78 is 34.6. The Bertz CT molecular complexity index is 205. The van der Waals surface area contributed by atoms with Crippen molar-refractivity contribution in [1.29, 1.82) is 0 Å². The van der Waals surface area contributed by atoms with Gasteiger partial charge in [0.25, 0.3) is 0 Å². The zero-order valence-electron chi connectivity index (χ0n) is 4.24. The molecule has 1 aliphatic heterocycles. The van der Waals surface area contributed by atoms with Gasteiger partial charge in [-0.25, -0.2) is 4.99 Å². The van der Waals surface area contributed by atoms with E-state index in [4.69, 9.17) is 0 Å². The summed E-state index contributed by atoms with van der Waals surface area (Å²) in [6.45, 7) is 0. The monoisotopic (exact) mass is 133 g/mol. The van der Waals surface area contributed by atoms with Crippen molar-refractivity contribution >= 4 is 6.21 Å². The van der Waals surface area contributed by atoms with Crippen LogP contribution in [0.2, 0.25) is 0 Å². The van der Waals surface area contributed by atoms with E-state index in [9.17, 15) is 13.2 Å². The molecule has 0 unspecified atom stereocenters. The Kier molecular flexibility index (Phi) is 1.18. The van der Waals surface area contributed by atoms with E-state index in [2.05, 4.69) is 4.99 Å². The van der Waals surface area contributed by atoms with Crippen LogP contribution >= 0.6 is 0 Å². The van der Waals surface area contributed by atoms with Crippen molar-refractivity contribution < 1.29 is 13.2 Å². The second-order valence-corrected chi connectivity index (χ2v) is 1.44. The fraction of sp³-hybridized carbons (Fsp3) is 0.200. The third-order valence-corrected chi connectivity index (χ3v) is 0.767. The molecule has 48 valence electrons. The summed E-state index contributed by atoms with van der Waals surface area (Å²) in [6.07, 6.45) is -2.16. The van der Waals surface area contributed by atoms with E-state index in [1.54, 1.807) is 0 Å². The van der Waals surface area contributed by atoms with Gasteiger partial charge in [0.1, 0.15) is 0 Å². The molecule has 0 fully saturated rings. The average molecular weight is 133 g/mol. The molecule has 9 heavy (non-hydrogen) atoms. The number of halogens is 3. The number of allylic oxidation sites excluding steroid dienone is 1. The predicted octanol–water partition coefficient (Wildman–Crippen LogP) is 1.67. The van der Waals surface area contributed by atoms with Crippen LogP contribution in [0, 0.1) is 0 Å². The Morgan fingerprint density at radius 3 is 2.33 bits per heavy atom. The molecule has 0 atom stereocenters. The van der Waals surface area contributed by atoms with Crippen LogP contribution in [0.5, 0.6) is 0 Å². The standard InChI is InChI=1S/C5H2F3N/c6-5(7,8)4-2-1-3-9-4/h1,3H. The predicted molar refractivity (Wildman–Crippen MR) is 26.1 cm³/mol. The highest BCUT2D eigenvalue weighted by molar-refractivity contribution is 5.74. The molecule has 1 nitrogen and oxygen atoms in total. The minimum absolute atomic E-state index is 0.956. The molecule has 0 radical (unpaired) electrons. The van der Waals surface area contributed by atoms with Crippen LogP contribution < -0.4 is 0 Å². The van der Waals surface area contributed by atoms with Crippen LogP contribution in [0.25, 0.3) is 0 Å². The molecule has 0 aromatic rings. The Hall–Kier alpha value is -1.02. The summed E-state index contributed by atoms with van der Waals surface area (Å²) in [7, 11) is 0. The number of alkyl halides is 3. The van der Waals surface area contributed by atoms with E-state index < -0.39 is 11.9 Å². The van der Waals surface area contributed by atoms with Crippen LogP contribution in [-0.2, 0) is 0 Å². The van der Waals surface area contributed by atoms with Gasteiger partial charge in [-0.15, -0.1) is 0 Å². The van der Waals surface area contributed by atoms with Gasteiger partial charge < -0.3 is 0 Å². The van der Waals surface area contributed by atoms with Crippen LogP contribution in [-0.4, -0.2) is 12.4 Å². The molecule has 1 heterocycles. The lowest BCUT2D eigenvalue weighted by Gasteiger charge is -1.99. The third-order valence-electron chi connectivity index (χ3n) is 0.767. The van der Waals surface area contributed by atoms with E-state index in [1.807, 2.05) is 5.73 Å². The van der Waals surface area contributed by atoms with Gasteiger partial charge in [-0.2, -0.15) is 13.2 Å². The van der Waals surface area contributed by atoms with Gasteiger partial charge in [-0.05, 0) is 0 Å². The highest BCUT2D eigenvalue weighted by Gasteiger charge is 2.34. The Morgan fingerprint density at radius 2 is 2.11 bits per heavy atom. The first-order chi connectivity index (χ1) is 4.11. The maximum atomic E-state index is 11.5. The molecule has 4 heteroatoms. The normalized spacial score (nSPS) is 16.6. The van der Waals surface area contributed by atoms with Crippen LogP contribution in [0.1, 0.15) is 0 Å². The summed E-state index contributed by atoms with van der Waals surface area (Å²) in [5.41, 5.74) is 0.985. The SMILES string of the molecule is FC(F)(F)C1=C=CC=N1. The number of nitrogens with zero attached hydrogens (tertiary/aromatic N) is 1. The summed E-state index contributed by atoms with van der Waals surface area (Å²) in [4.78, 5) is 3.01. The third kappa shape index (κ3) is 1.21. The zero-order valence-corrected chi connectivity index (χ0v) is 4.24. The summed E-state index contributed by atoms with van der Waals surface area (Å²) in [6, 6.07) is 0. The molecule has 0 aromatic heterocycles. The highest BCUT2D eigenvalue weighted by atomic mass is 19.4. The Balaban J connectivity index is 2.88. The first-order valence-corrected chi connectivity index (χ1v) is 2.17. The van der Waals surface area contributed by atoms with Crippen molar-refractivity contribution in [2.45, 2.75) is 6.18 Å². The van der Waals surface area contributed by atoms with Gasteiger partial charge in [0, 0.05) is 12.3 Å². The number of rotatable bonds is 0. The van der Waals surface area contributed by atoms with E-state index in [1.165, 1.54) is 0 Å². The Morgan fingerprint density at radius 1 is 1.44 bits per heavy atom. The molecule has 0 spiro atoms.